The molecule has 0 saturated carbocycles. The molecule has 1 N–H and O–H groups in total. The molecule has 0 spiro atoms. The summed E-state index contributed by atoms with van der Waals surface area (Å²) < 4.78 is 32.3. The van der Waals surface area contributed by atoms with E-state index in [1.165, 1.54) is 28.6 Å². The molecular formula is C15H18N4O6S. The highest BCUT2D eigenvalue weighted by atomic mass is 32.2. The van der Waals surface area contributed by atoms with E-state index in [9.17, 15) is 23.3 Å². The van der Waals surface area contributed by atoms with Crippen molar-refractivity contribution in [1.29, 1.82) is 0 Å². The Morgan fingerprint density at radius 3 is 2.65 bits per heavy atom. The molecule has 1 amide bonds. The molecule has 3 atom stereocenters. The summed E-state index contributed by atoms with van der Waals surface area (Å²) in [6.45, 7) is 1.74. The third kappa shape index (κ3) is 2.72. The fourth-order valence-corrected chi connectivity index (χ4v) is 5.32. The molecular weight excluding hydrogens is 364 g/mol. The summed E-state index contributed by atoms with van der Waals surface area (Å²) in [4.78, 5) is 24.0. The maximum Gasteiger partial charge on any atom is 0.410 e. The van der Waals surface area contributed by atoms with Crippen LogP contribution in [0.5, 0.6) is 0 Å². The third-order valence-electron chi connectivity index (χ3n) is 5.15. The van der Waals surface area contributed by atoms with Crippen LogP contribution < -0.4 is 5.32 Å². The van der Waals surface area contributed by atoms with Crippen molar-refractivity contribution in [2.45, 2.75) is 29.5 Å². The average Bonchev–Trinajstić information content (AvgIpc) is 3.31. The quantitative estimate of drug-likeness (QED) is 0.581. The van der Waals surface area contributed by atoms with Crippen molar-refractivity contribution in [3.05, 3.63) is 34.4 Å². The van der Waals surface area contributed by atoms with E-state index in [-0.39, 0.29) is 41.4 Å². The van der Waals surface area contributed by atoms with E-state index in [1.54, 1.807) is 4.90 Å². The number of hydrogen-bond donors (Lipinski definition) is 1. The Hall–Kier alpha value is -2.24. The number of carbonyl (C=O) groups excluding carboxylic acids is 1. The van der Waals surface area contributed by atoms with Crippen LogP contribution in [-0.2, 0) is 14.8 Å². The number of amides is 1. The van der Waals surface area contributed by atoms with Crippen LogP contribution in [0.1, 0.15) is 6.42 Å². The van der Waals surface area contributed by atoms with Crippen LogP contribution in [0, 0.1) is 10.1 Å². The number of carbonyl (C=O) groups is 1. The van der Waals surface area contributed by atoms with Gasteiger partial charge >= 0.3 is 6.09 Å². The number of nitro benzene ring substituents is 1. The lowest BCUT2D eigenvalue weighted by molar-refractivity contribution is -0.384. The first kappa shape index (κ1) is 17.2. The molecule has 11 heteroatoms. The van der Waals surface area contributed by atoms with Gasteiger partial charge in [-0.05, 0) is 18.6 Å². The summed E-state index contributed by atoms with van der Waals surface area (Å²) in [7, 11) is -3.77. The van der Waals surface area contributed by atoms with Crippen molar-refractivity contribution in [1.82, 2.24) is 14.5 Å². The van der Waals surface area contributed by atoms with Gasteiger partial charge in [-0.1, -0.05) is 0 Å². The second kappa shape index (κ2) is 6.18. The van der Waals surface area contributed by atoms with Gasteiger partial charge < -0.3 is 10.1 Å². The first-order chi connectivity index (χ1) is 12.4. The van der Waals surface area contributed by atoms with Gasteiger partial charge in [-0.3, -0.25) is 15.0 Å². The molecule has 4 rings (SSSR count). The van der Waals surface area contributed by atoms with E-state index in [2.05, 4.69) is 5.32 Å². The molecule has 140 valence electrons. The Labute approximate surface area is 149 Å². The molecule has 0 bridgehead atoms. The van der Waals surface area contributed by atoms with Crippen LogP contribution >= 0.6 is 0 Å². The number of rotatable bonds is 4. The lowest BCUT2D eigenvalue weighted by Crippen LogP contribution is -2.46. The fraction of sp³-hybridized carbons (Fsp3) is 0.533. The summed E-state index contributed by atoms with van der Waals surface area (Å²) in [5.74, 6) is 0. The minimum absolute atomic E-state index is 0.00755. The van der Waals surface area contributed by atoms with E-state index in [1.807, 2.05) is 0 Å². The zero-order chi connectivity index (χ0) is 18.5. The summed E-state index contributed by atoms with van der Waals surface area (Å²) >= 11 is 0. The Morgan fingerprint density at radius 1 is 1.23 bits per heavy atom. The molecule has 0 aliphatic carbocycles. The molecule has 1 unspecified atom stereocenters. The summed E-state index contributed by atoms with van der Waals surface area (Å²) in [5.41, 5.74) is -0.164. The Morgan fingerprint density at radius 2 is 1.96 bits per heavy atom. The Balaban J connectivity index is 1.51. The highest BCUT2D eigenvalue weighted by Gasteiger charge is 2.49. The van der Waals surface area contributed by atoms with Crippen LogP contribution in [0.15, 0.2) is 29.2 Å². The van der Waals surface area contributed by atoms with Crippen molar-refractivity contribution in [3.63, 3.8) is 0 Å². The lowest BCUT2D eigenvalue weighted by Gasteiger charge is -2.26. The molecule has 3 aliphatic rings. The van der Waals surface area contributed by atoms with Crippen LogP contribution in [0.3, 0.4) is 0 Å². The second-order valence-corrected chi connectivity index (χ2v) is 8.55. The van der Waals surface area contributed by atoms with E-state index >= 15 is 0 Å². The predicted octanol–water partition coefficient (Wildman–Crippen LogP) is 0.150. The maximum absolute atomic E-state index is 12.8. The molecule has 3 heterocycles. The topological polar surface area (TPSA) is 122 Å². The zero-order valence-electron chi connectivity index (χ0n) is 13.8. The number of nitrogens with one attached hydrogen (secondary N) is 1. The van der Waals surface area contributed by atoms with Crippen LogP contribution in [0.25, 0.3) is 0 Å². The van der Waals surface area contributed by atoms with Crippen LogP contribution in [0.2, 0.25) is 0 Å². The number of nitro groups is 1. The number of nitrogens with zero attached hydrogens (tertiary/aromatic N) is 3. The first-order valence-corrected chi connectivity index (χ1v) is 9.76. The third-order valence-corrected chi connectivity index (χ3v) is 7.03. The minimum Gasteiger partial charge on any atom is -0.442 e. The summed E-state index contributed by atoms with van der Waals surface area (Å²) in [5, 5.41) is 13.9. The molecule has 26 heavy (non-hydrogen) atoms. The van der Waals surface area contributed by atoms with E-state index in [0.29, 0.717) is 26.1 Å². The summed E-state index contributed by atoms with van der Waals surface area (Å²) in [6, 6.07) is 4.53. The minimum atomic E-state index is -3.77. The number of ether oxygens (including phenoxy) is 1. The normalized spacial score (nSPS) is 29.0. The number of benzene rings is 1. The molecule has 1 aromatic rings. The molecule has 3 saturated heterocycles. The highest BCUT2D eigenvalue weighted by Crippen LogP contribution is 2.31. The van der Waals surface area contributed by atoms with Gasteiger partial charge in [0.05, 0.1) is 21.9 Å². The van der Waals surface area contributed by atoms with Gasteiger partial charge in [0, 0.05) is 38.3 Å². The molecule has 10 nitrogen and oxygen atoms in total. The monoisotopic (exact) mass is 382 g/mol. The molecule has 3 fully saturated rings. The number of hydrogen-bond acceptors (Lipinski definition) is 7. The van der Waals surface area contributed by atoms with Gasteiger partial charge in [0.1, 0.15) is 6.10 Å². The number of sulfonamides is 1. The average molecular weight is 382 g/mol. The van der Waals surface area contributed by atoms with E-state index < -0.39 is 14.9 Å². The Kier molecular flexibility index (Phi) is 4.09. The zero-order valence-corrected chi connectivity index (χ0v) is 14.6. The van der Waals surface area contributed by atoms with E-state index in [4.69, 9.17) is 4.74 Å². The van der Waals surface area contributed by atoms with Gasteiger partial charge in [-0.25, -0.2) is 13.2 Å². The summed E-state index contributed by atoms with van der Waals surface area (Å²) in [6.07, 6.45) is -0.0335. The second-order valence-electron chi connectivity index (χ2n) is 6.61. The van der Waals surface area contributed by atoms with Gasteiger partial charge in [0.25, 0.3) is 5.69 Å². The predicted molar refractivity (Wildman–Crippen MR) is 89.0 cm³/mol. The number of fused-ring (bicyclic) bond motifs is 1. The van der Waals surface area contributed by atoms with Crippen molar-refractivity contribution in [3.8, 4) is 0 Å². The Bertz CT molecular complexity index is 842. The largest absolute Gasteiger partial charge is 0.442 e. The van der Waals surface area contributed by atoms with Crippen LogP contribution in [-0.4, -0.2) is 73.0 Å². The van der Waals surface area contributed by atoms with Crippen LogP contribution in [0.4, 0.5) is 10.5 Å². The lowest BCUT2D eigenvalue weighted by atomic mass is 10.1. The number of non-ortho nitro benzene ring substituents is 1. The van der Waals surface area contributed by atoms with Gasteiger partial charge in [-0.2, -0.15) is 4.31 Å². The van der Waals surface area contributed by atoms with Gasteiger partial charge in [-0.15, -0.1) is 0 Å². The van der Waals surface area contributed by atoms with Gasteiger partial charge in [0.15, 0.2) is 0 Å². The standard InChI is InChI=1S/C15H18N4O6S/c20-15-18(13-7-16-8-14(13)25-15)11-5-6-17(9-11)26(23,24)12-3-1-10(2-4-12)19(21)22/h1-4,11,13-14,16H,5-9H2/t11?,13-,14+/m1/s1. The van der Waals surface area contributed by atoms with Gasteiger partial charge in [0.2, 0.25) is 10.0 Å². The maximum atomic E-state index is 12.8. The molecule has 1 aromatic carbocycles. The molecule has 0 radical (unpaired) electrons. The molecule has 0 aromatic heterocycles. The van der Waals surface area contributed by atoms with Crippen molar-refractivity contribution < 1.29 is 22.9 Å². The van der Waals surface area contributed by atoms with E-state index in [0.717, 1.165) is 0 Å². The highest BCUT2D eigenvalue weighted by molar-refractivity contribution is 7.89. The van der Waals surface area contributed by atoms with Crippen molar-refractivity contribution in [2.24, 2.45) is 0 Å². The molecule has 3 aliphatic heterocycles. The smallest absolute Gasteiger partial charge is 0.410 e. The van der Waals surface area contributed by atoms with Crippen molar-refractivity contribution >= 4 is 21.8 Å². The fourth-order valence-electron chi connectivity index (χ4n) is 3.83. The first-order valence-electron chi connectivity index (χ1n) is 8.32. The van der Waals surface area contributed by atoms with Crippen molar-refractivity contribution in [2.75, 3.05) is 26.2 Å². The SMILES string of the molecule is O=C1O[C@H]2CNC[C@H]2N1C1CCN(S(=O)(=O)c2ccc([N+](=O)[O-])cc2)C1.